The van der Waals surface area contributed by atoms with E-state index in [9.17, 15) is 9.59 Å². The summed E-state index contributed by atoms with van der Waals surface area (Å²) in [5.41, 5.74) is 0.588. The lowest BCUT2D eigenvalue weighted by molar-refractivity contribution is -0.121. The molecule has 23 heavy (non-hydrogen) atoms. The van der Waals surface area contributed by atoms with Gasteiger partial charge in [0, 0.05) is 25.0 Å². The Balaban J connectivity index is 2.79. The summed E-state index contributed by atoms with van der Waals surface area (Å²) in [6.07, 6.45) is 2.05. The van der Waals surface area contributed by atoms with Gasteiger partial charge >= 0.3 is 0 Å². The van der Waals surface area contributed by atoms with E-state index in [1.807, 2.05) is 34.6 Å². The van der Waals surface area contributed by atoms with Crippen molar-refractivity contribution in [2.75, 3.05) is 6.54 Å². The predicted octanol–water partition coefficient (Wildman–Crippen LogP) is 3.44. The van der Waals surface area contributed by atoms with E-state index in [-0.39, 0.29) is 23.9 Å². The van der Waals surface area contributed by atoms with Crippen LogP contribution >= 0.6 is 0 Å². The van der Waals surface area contributed by atoms with Gasteiger partial charge < -0.3 is 14.6 Å². The normalized spacial score (nSPS) is 13.5. The standard InChI is InChI=1S/C18H30N2O3/c1-7-12(3)19-17(21)9-10-20(13(4)8-2)18(22)16-11-14(5)23-15(16)6/h11-13H,7-10H2,1-6H3,(H,19,21). The number of carbonyl (C=O) groups excluding carboxylic acids is 2. The van der Waals surface area contributed by atoms with Gasteiger partial charge in [0.1, 0.15) is 11.5 Å². The maximum atomic E-state index is 12.8. The van der Waals surface area contributed by atoms with Gasteiger partial charge in [0.2, 0.25) is 5.91 Å². The highest BCUT2D eigenvalue weighted by molar-refractivity contribution is 5.95. The predicted molar refractivity (Wildman–Crippen MR) is 91.5 cm³/mol. The Morgan fingerprint density at radius 3 is 2.35 bits per heavy atom. The van der Waals surface area contributed by atoms with Crippen molar-refractivity contribution >= 4 is 11.8 Å². The first-order chi connectivity index (χ1) is 10.8. The first-order valence-electron chi connectivity index (χ1n) is 8.47. The Hall–Kier alpha value is -1.78. The van der Waals surface area contributed by atoms with Crippen molar-refractivity contribution in [1.82, 2.24) is 10.2 Å². The molecule has 1 aromatic rings. The van der Waals surface area contributed by atoms with E-state index in [0.717, 1.165) is 18.6 Å². The zero-order valence-electron chi connectivity index (χ0n) is 15.2. The molecule has 0 saturated carbocycles. The smallest absolute Gasteiger partial charge is 0.257 e. The minimum atomic E-state index is -0.0648. The molecule has 0 bridgehead atoms. The van der Waals surface area contributed by atoms with E-state index in [0.29, 0.717) is 24.3 Å². The van der Waals surface area contributed by atoms with Crippen LogP contribution in [0.2, 0.25) is 0 Å². The number of nitrogens with zero attached hydrogens (tertiary/aromatic N) is 1. The lowest BCUT2D eigenvalue weighted by Crippen LogP contribution is -2.42. The molecule has 130 valence electrons. The third-order valence-electron chi connectivity index (χ3n) is 4.25. The van der Waals surface area contributed by atoms with Gasteiger partial charge in [0.05, 0.1) is 5.56 Å². The van der Waals surface area contributed by atoms with Crippen LogP contribution in [0.1, 0.15) is 68.8 Å². The zero-order valence-corrected chi connectivity index (χ0v) is 15.2. The fourth-order valence-electron chi connectivity index (χ4n) is 2.41. The van der Waals surface area contributed by atoms with E-state index < -0.39 is 0 Å². The minimum absolute atomic E-state index is 0.0134. The van der Waals surface area contributed by atoms with E-state index >= 15 is 0 Å². The molecule has 2 amide bonds. The summed E-state index contributed by atoms with van der Waals surface area (Å²) in [4.78, 5) is 26.6. The van der Waals surface area contributed by atoms with Crippen LogP contribution in [0.15, 0.2) is 10.5 Å². The molecule has 0 aliphatic rings. The first kappa shape index (κ1) is 19.3. The average Bonchev–Trinajstić information content (AvgIpc) is 2.85. The molecular formula is C18H30N2O3. The second kappa shape index (κ2) is 8.75. The highest BCUT2D eigenvalue weighted by atomic mass is 16.3. The molecule has 0 radical (unpaired) electrons. The Morgan fingerprint density at radius 2 is 1.87 bits per heavy atom. The fourth-order valence-corrected chi connectivity index (χ4v) is 2.41. The number of hydrogen-bond acceptors (Lipinski definition) is 3. The van der Waals surface area contributed by atoms with Crippen molar-refractivity contribution < 1.29 is 14.0 Å². The van der Waals surface area contributed by atoms with Gasteiger partial charge in [-0.2, -0.15) is 0 Å². The van der Waals surface area contributed by atoms with Crippen LogP contribution in [0.4, 0.5) is 0 Å². The molecule has 2 atom stereocenters. The summed E-state index contributed by atoms with van der Waals surface area (Å²) in [7, 11) is 0. The molecule has 0 aliphatic carbocycles. The number of amides is 2. The minimum Gasteiger partial charge on any atom is -0.466 e. The quantitative estimate of drug-likeness (QED) is 0.797. The molecule has 1 aromatic heterocycles. The van der Waals surface area contributed by atoms with Gasteiger partial charge in [-0.05, 0) is 46.6 Å². The Labute approximate surface area is 139 Å². The summed E-state index contributed by atoms with van der Waals surface area (Å²) in [6, 6.07) is 2.01. The van der Waals surface area contributed by atoms with Crippen LogP contribution in [0.25, 0.3) is 0 Å². The Kier molecular flexibility index (Phi) is 7.33. The molecule has 0 fully saturated rings. The molecule has 5 heteroatoms. The maximum absolute atomic E-state index is 12.8. The van der Waals surface area contributed by atoms with Crippen LogP contribution in [-0.4, -0.2) is 35.3 Å². The van der Waals surface area contributed by atoms with Crippen molar-refractivity contribution in [1.29, 1.82) is 0 Å². The summed E-state index contributed by atoms with van der Waals surface area (Å²) in [5.74, 6) is 1.28. The number of rotatable bonds is 8. The first-order valence-corrected chi connectivity index (χ1v) is 8.47. The van der Waals surface area contributed by atoms with Crippen LogP contribution in [0.5, 0.6) is 0 Å². The lowest BCUT2D eigenvalue weighted by Gasteiger charge is -2.28. The number of furan rings is 1. The van der Waals surface area contributed by atoms with Crippen LogP contribution in [0, 0.1) is 13.8 Å². The van der Waals surface area contributed by atoms with E-state index in [1.165, 1.54) is 0 Å². The largest absolute Gasteiger partial charge is 0.466 e. The fraction of sp³-hybridized carbons (Fsp3) is 0.667. The van der Waals surface area contributed by atoms with Gasteiger partial charge in [0.15, 0.2) is 0 Å². The number of aryl methyl sites for hydroxylation is 2. The van der Waals surface area contributed by atoms with Crippen LogP contribution in [-0.2, 0) is 4.79 Å². The van der Waals surface area contributed by atoms with Gasteiger partial charge in [-0.25, -0.2) is 0 Å². The van der Waals surface area contributed by atoms with Crippen LogP contribution < -0.4 is 5.32 Å². The Morgan fingerprint density at radius 1 is 1.22 bits per heavy atom. The van der Waals surface area contributed by atoms with Gasteiger partial charge in [0.25, 0.3) is 5.91 Å². The van der Waals surface area contributed by atoms with E-state index in [4.69, 9.17) is 4.42 Å². The maximum Gasteiger partial charge on any atom is 0.257 e. The summed E-state index contributed by atoms with van der Waals surface area (Å²) in [6.45, 7) is 12.1. The Bertz CT molecular complexity index is 536. The molecule has 2 unspecified atom stereocenters. The molecule has 1 rings (SSSR count). The average molecular weight is 322 g/mol. The summed E-state index contributed by atoms with van der Waals surface area (Å²) >= 11 is 0. The second-order valence-electron chi connectivity index (χ2n) is 6.21. The van der Waals surface area contributed by atoms with Crippen molar-refractivity contribution in [2.45, 2.75) is 72.9 Å². The molecule has 1 N–H and O–H groups in total. The second-order valence-corrected chi connectivity index (χ2v) is 6.21. The third-order valence-corrected chi connectivity index (χ3v) is 4.25. The SMILES string of the molecule is CCC(C)NC(=O)CCN(C(=O)c1cc(C)oc1C)C(C)CC. The van der Waals surface area contributed by atoms with Gasteiger partial charge in [-0.1, -0.05) is 13.8 Å². The highest BCUT2D eigenvalue weighted by Crippen LogP contribution is 2.18. The number of carbonyl (C=O) groups is 2. The van der Waals surface area contributed by atoms with Crippen molar-refractivity contribution in [3.8, 4) is 0 Å². The summed E-state index contributed by atoms with van der Waals surface area (Å²) < 4.78 is 5.47. The number of nitrogens with one attached hydrogen (secondary N) is 1. The monoisotopic (exact) mass is 322 g/mol. The van der Waals surface area contributed by atoms with E-state index in [2.05, 4.69) is 5.32 Å². The third kappa shape index (κ3) is 5.41. The molecule has 0 aromatic carbocycles. The number of hydrogen-bond donors (Lipinski definition) is 1. The molecule has 0 aliphatic heterocycles. The highest BCUT2D eigenvalue weighted by Gasteiger charge is 2.24. The zero-order chi connectivity index (χ0) is 17.6. The molecule has 1 heterocycles. The van der Waals surface area contributed by atoms with Gasteiger partial charge in [-0.3, -0.25) is 9.59 Å². The topological polar surface area (TPSA) is 62.6 Å². The van der Waals surface area contributed by atoms with Crippen molar-refractivity contribution in [2.24, 2.45) is 0 Å². The van der Waals surface area contributed by atoms with Crippen LogP contribution in [0.3, 0.4) is 0 Å². The van der Waals surface area contributed by atoms with Gasteiger partial charge in [-0.15, -0.1) is 0 Å². The molecule has 0 spiro atoms. The molecular weight excluding hydrogens is 292 g/mol. The van der Waals surface area contributed by atoms with E-state index in [1.54, 1.807) is 17.9 Å². The molecule has 0 saturated heterocycles. The lowest BCUT2D eigenvalue weighted by atomic mass is 10.1. The van der Waals surface area contributed by atoms with Crippen molar-refractivity contribution in [3.63, 3.8) is 0 Å². The van der Waals surface area contributed by atoms with Crippen molar-refractivity contribution in [3.05, 3.63) is 23.2 Å². The molecule has 5 nitrogen and oxygen atoms in total. The summed E-state index contributed by atoms with van der Waals surface area (Å²) in [5, 5.41) is 2.94.